The highest BCUT2D eigenvalue weighted by molar-refractivity contribution is 5.93. The number of unbranched alkanes of at least 4 members (excludes halogenated alkanes) is 1. The molecule has 3 aromatic rings. The van der Waals surface area contributed by atoms with E-state index in [-0.39, 0.29) is 11.5 Å². The van der Waals surface area contributed by atoms with Crippen LogP contribution in [0, 0.1) is 18.3 Å². The van der Waals surface area contributed by atoms with Gasteiger partial charge in [0.25, 0.3) is 11.5 Å². The highest BCUT2D eigenvalue weighted by Crippen LogP contribution is 2.21. The molecule has 0 aliphatic carbocycles. The van der Waals surface area contributed by atoms with Crippen molar-refractivity contribution in [1.82, 2.24) is 20.1 Å². The molecule has 28 heavy (non-hydrogen) atoms. The number of hydrogen-bond donors (Lipinski definition) is 2. The molecular weight excluding hydrogens is 354 g/mol. The second-order valence-electron chi connectivity index (χ2n) is 6.48. The van der Waals surface area contributed by atoms with Crippen LogP contribution in [0.15, 0.2) is 47.5 Å². The van der Waals surface area contributed by atoms with Crippen LogP contribution in [-0.4, -0.2) is 27.2 Å². The summed E-state index contributed by atoms with van der Waals surface area (Å²) in [5.41, 5.74) is 2.83. The van der Waals surface area contributed by atoms with Crippen LogP contribution in [0.25, 0.3) is 16.9 Å². The van der Waals surface area contributed by atoms with Gasteiger partial charge in [0.2, 0.25) is 0 Å². The molecule has 1 aromatic carbocycles. The summed E-state index contributed by atoms with van der Waals surface area (Å²) < 4.78 is 1.33. The van der Waals surface area contributed by atoms with Crippen LogP contribution >= 0.6 is 0 Å². The Hall–Kier alpha value is -3.66. The Balaban J connectivity index is 1.85. The molecule has 0 saturated carbocycles. The molecule has 2 aromatic heterocycles. The number of nitriles is 1. The lowest BCUT2D eigenvalue weighted by atomic mass is 10.0. The number of carbonyl (C=O) groups is 1. The topological polar surface area (TPSA) is 104 Å². The Kier molecular flexibility index (Phi) is 5.70. The summed E-state index contributed by atoms with van der Waals surface area (Å²) in [6, 6.07) is 10.6. The molecule has 0 saturated heterocycles. The fourth-order valence-corrected chi connectivity index (χ4v) is 2.90. The molecule has 0 bridgehead atoms. The predicted octanol–water partition coefficient (Wildman–Crippen LogP) is 2.94. The fourth-order valence-electron chi connectivity index (χ4n) is 2.90. The number of amides is 1. The van der Waals surface area contributed by atoms with E-state index < -0.39 is 0 Å². The summed E-state index contributed by atoms with van der Waals surface area (Å²) in [4.78, 5) is 29.1. The molecule has 2 heterocycles. The van der Waals surface area contributed by atoms with Crippen molar-refractivity contribution < 1.29 is 4.79 Å². The number of aromatic nitrogens is 3. The first kappa shape index (κ1) is 19.1. The maximum absolute atomic E-state index is 12.8. The molecular formula is C21H21N5O2. The van der Waals surface area contributed by atoms with Gasteiger partial charge in [-0.05, 0) is 48.7 Å². The van der Waals surface area contributed by atoms with Gasteiger partial charge in [0.05, 0.1) is 22.8 Å². The zero-order chi connectivity index (χ0) is 20.1. The number of nitrogens with one attached hydrogen (secondary N) is 2. The molecule has 0 fully saturated rings. The third-order valence-corrected chi connectivity index (χ3v) is 4.47. The monoisotopic (exact) mass is 375 g/mol. The molecule has 7 heteroatoms. The molecule has 142 valence electrons. The lowest BCUT2D eigenvalue weighted by Crippen LogP contribution is -2.24. The first-order valence-corrected chi connectivity index (χ1v) is 9.11. The minimum absolute atomic E-state index is 0.180. The normalized spacial score (nSPS) is 10.5. The van der Waals surface area contributed by atoms with Gasteiger partial charge in [-0.25, -0.2) is 9.67 Å². The molecule has 7 nitrogen and oxygen atoms in total. The van der Waals surface area contributed by atoms with Crippen molar-refractivity contribution in [2.45, 2.75) is 26.7 Å². The number of aryl methyl sites for hydroxylation is 1. The summed E-state index contributed by atoms with van der Waals surface area (Å²) in [6.07, 6.45) is 5.00. The summed E-state index contributed by atoms with van der Waals surface area (Å²) in [5, 5.41) is 14.7. The van der Waals surface area contributed by atoms with Gasteiger partial charge in [-0.2, -0.15) is 5.26 Å². The van der Waals surface area contributed by atoms with E-state index in [0.717, 1.165) is 24.0 Å². The lowest BCUT2D eigenvalue weighted by molar-refractivity contribution is 0.0953. The van der Waals surface area contributed by atoms with Crippen LogP contribution in [0.2, 0.25) is 0 Å². The van der Waals surface area contributed by atoms with Gasteiger partial charge in [-0.1, -0.05) is 19.4 Å². The van der Waals surface area contributed by atoms with E-state index in [4.69, 9.17) is 5.26 Å². The third-order valence-electron chi connectivity index (χ3n) is 4.47. The molecule has 0 aliphatic rings. The van der Waals surface area contributed by atoms with Crippen LogP contribution in [0.3, 0.4) is 0 Å². The number of benzene rings is 1. The molecule has 0 spiro atoms. The Morgan fingerprint density at radius 2 is 2.11 bits per heavy atom. The first-order chi connectivity index (χ1) is 13.5. The van der Waals surface area contributed by atoms with E-state index in [1.807, 2.05) is 6.92 Å². The molecule has 0 radical (unpaired) electrons. The van der Waals surface area contributed by atoms with Gasteiger partial charge in [0.1, 0.15) is 0 Å². The highest BCUT2D eigenvalue weighted by atomic mass is 16.1. The van der Waals surface area contributed by atoms with Gasteiger partial charge >= 0.3 is 0 Å². The van der Waals surface area contributed by atoms with Crippen LogP contribution < -0.4 is 10.9 Å². The van der Waals surface area contributed by atoms with E-state index in [0.29, 0.717) is 29.1 Å². The van der Waals surface area contributed by atoms with Crippen LogP contribution in [0.1, 0.15) is 41.3 Å². The number of H-pyrrole nitrogens is 1. The zero-order valence-corrected chi connectivity index (χ0v) is 15.8. The van der Waals surface area contributed by atoms with Gasteiger partial charge in [-0.15, -0.1) is 0 Å². The highest BCUT2D eigenvalue weighted by Gasteiger charge is 2.14. The molecule has 0 atom stereocenters. The Bertz CT molecular complexity index is 1090. The fraction of sp³-hybridized carbons (Fsp3) is 0.238. The zero-order valence-electron chi connectivity index (χ0n) is 15.8. The first-order valence-electron chi connectivity index (χ1n) is 9.11. The van der Waals surface area contributed by atoms with E-state index in [1.54, 1.807) is 36.5 Å². The maximum atomic E-state index is 12.8. The summed E-state index contributed by atoms with van der Waals surface area (Å²) in [7, 11) is 0. The Morgan fingerprint density at radius 3 is 2.75 bits per heavy atom. The van der Waals surface area contributed by atoms with E-state index >= 15 is 0 Å². The van der Waals surface area contributed by atoms with Crippen molar-refractivity contribution >= 4 is 5.91 Å². The van der Waals surface area contributed by atoms with Crippen LogP contribution in [0.4, 0.5) is 0 Å². The number of nitrogens with zero attached hydrogens (tertiary/aromatic N) is 3. The second kappa shape index (κ2) is 8.35. The number of carbonyl (C=O) groups excluding carboxylic acids is 1. The van der Waals surface area contributed by atoms with Gasteiger partial charge in [0, 0.05) is 18.9 Å². The van der Waals surface area contributed by atoms with E-state index in [9.17, 15) is 9.59 Å². The molecule has 1 amide bonds. The summed E-state index contributed by atoms with van der Waals surface area (Å²) >= 11 is 0. The average molecular weight is 375 g/mol. The Morgan fingerprint density at radius 1 is 1.29 bits per heavy atom. The molecule has 3 rings (SSSR count). The smallest absolute Gasteiger partial charge is 0.280 e. The largest absolute Gasteiger partial charge is 0.352 e. The minimum Gasteiger partial charge on any atom is -0.352 e. The van der Waals surface area contributed by atoms with Crippen LogP contribution in [-0.2, 0) is 0 Å². The quantitative estimate of drug-likeness (QED) is 0.646. The SMILES string of the molecule is CCCCNC(=O)c1ccc(-n2[nH]cc(-c3ccc(C#N)cc3C)c2=O)nc1. The number of hydrogen-bond acceptors (Lipinski definition) is 4. The van der Waals surface area contributed by atoms with Crippen LogP contribution in [0.5, 0.6) is 0 Å². The lowest BCUT2D eigenvalue weighted by Gasteiger charge is -2.05. The number of rotatable bonds is 6. The second-order valence-corrected chi connectivity index (χ2v) is 6.48. The minimum atomic E-state index is -0.250. The number of aromatic amines is 1. The molecule has 2 N–H and O–H groups in total. The van der Waals surface area contributed by atoms with Crippen molar-refractivity contribution in [1.29, 1.82) is 5.26 Å². The van der Waals surface area contributed by atoms with Crippen molar-refractivity contribution in [2.75, 3.05) is 6.54 Å². The summed E-state index contributed by atoms with van der Waals surface area (Å²) in [5.74, 6) is 0.216. The molecule has 0 aliphatic heterocycles. The average Bonchev–Trinajstić information content (AvgIpc) is 3.09. The van der Waals surface area contributed by atoms with Crippen molar-refractivity contribution in [2.24, 2.45) is 0 Å². The predicted molar refractivity (Wildman–Crippen MR) is 106 cm³/mol. The van der Waals surface area contributed by atoms with E-state index in [2.05, 4.69) is 28.4 Å². The maximum Gasteiger partial charge on any atom is 0.280 e. The molecule has 0 unspecified atom stereocenters. The standard InChI is InChI=1S/C21H21N5O2/c1-3-4-9-23-20(27)16-6-8-19(24-12-16)26-21(28)18(13-25-26)17-7-5-15(11-22)10-14(17)2/h5-8,10,12-13,25H,3-4,9H2,1-2H3,(H,23,27). The Labute approximate surface area is 162 Å². The summed E-state index contributed by atoms with van der Waals surface area (Å²) in [6.45, 7) is 4.54. The third kappa shape index (κ3) is 3.86. The van der Waals surface area contributed by atoms with E-state index in [1.165, 1.54) is 10.9 Å². The van der Waals surface area contributed by atoms with Crippen molar-refractivity contribution in [3.05, 3.63) is 69.8 Å². The van der Waals surface area contributed by atoms with Gasteiger partial charge in [-0.3, -0.25) is 14.7 Å². The number of pyridine rings is 1. The van der Waals surface area contributed by atoms with Gasteiger partial charge in [0.15, 0.2) is 5.82 Å². The van der Waals surface area contributed by atoms with Gasteiger partial charge < -0.3 is 5.32 Å². The van der Waals surface area contributed by atoms with Crippen molar-refractivity contribution in [3.8, 4) is 23.0 Å². The van der Waals surface area contributed by atoms with Crippen molar-refractivity contribution in [3.63, 3.8) is 0 Å².